The van der Waals surface area contributed by atoms with Gasteiger partial charge in [0.05, 0.1) is 7.39 Å². The normalized spacial score (nSPS) is 38.8. The Morgan fingerprint density at radius 2 is 1.83 bits per heavy atom. The second-order valence-electron chi connectivity index (χ2n) is 9.45. The summed E-state index contributed by atoms with van der Waals surface area (Å²) in [4.78, 5) is 51.4. The quantitative estimate of drug-likeness (QED) is 0.199. The molecular weight excluding hydrogens is 480 g/mol. The van der Waals surface area contributed by atoms with Crippen molar-refractivity contribution in [3.8, 4) is 0 Å². The van der Waals surface area contributed by atoms with Crippen LogP contribution in [0.15, 0.2) is 0 Å². The molecule has 2 saturated heterocycles. The zero-order valence-corrected chi connectivity index (χ0v) is 19.8. The van der Waals surface area contributed by atoms with Crippen molar-refractivity contribution in [2.45, 2.75) is 114 Å². The van der Waals surface area contributed by atoms with Gasteiger partial charge in [0.2, 0.25) is 12.2 Å². The van der Waals surface area contributed by atoms with Gasteiger partial charge in [0, 0.05) is 10.2 Å². The van der Waals surface area contributed by atoms with Crippen LogP contribution in [-0.2, 0) is 28.7 Å². The van der Waals surface area contributed by atoms with Gasteiger partial charge in [-0.1, -0.05) is 26.2 Å². The van der Waals surface area contributed by atoms with Crippen LogP contribution in [-0.4, -0.2) is 109 Å². The Morgan fingerprint density at radius 3 is 2.44 bits per heavy atom. The molecule has 0 unspecified atom stereocenters. The van der Waals surface area contributed by atoms with Gasteiger partial charge in [-0.05, 0) is 38.5 Å². The number of nitrogens with zero attached hydrogens (tertiary/aromatic N) is 1. The first-order valence-corrected chi connectivity index (χ1v) is 12.0. The second-order valence-corrected chi connectivity index (χ2v) is 9.45. The standard InChI is InChI=1S/C23H36N2O11/c1-3-6-12(20(30)31)24-10(2)19(29)25-13-8-5-4-7-11(13)9-14(25)22(34)36-23-17(28)15(26)16(27)18(35-23)21(32)33/h10-18,23-24,26-28H,3-9H2,1-2H3,(H,30,31)(H,32,33)/t10-,11-,12+,13-,14-,15-,16-,17+,18-,23-/m0/s1/i2D3,10D. The fourth-order valence-corrected chi connectivity index (χ4v) is 5.22. The van der Waals surface area contributed by atoms with E-state index in [0.717, 1.165) is 11.3 Å². The first kappa shape index (κ1) is 22.8. The highest BCUT2D eigenvalue weighted by Gasteiger charge is 2.52. The molecule has 0 aromatic heterocycles. The number of esters is 1. The van der Waals surface area contributed by atoms with E-state index in [4.69, 9.17) is 15.0 Å². The molecule has 204 valence electrons. The maximum Gasteiger partial charge on any atom is 0.335 e. The number of amides is 1. The lowest BCUT2D eigenvalue weighted by Gasteiger charge is -2.39. The molecular formula is C23H36N2O11. The average molecular weight is 521 g/mol. The Bertz CT molecular complexity index is 985. The van der Waals surface area contributed by atoms with Crippen LogP contribution in [0.4, 0.5) is 0 Å². The SMILES string of the molecule is [2H]C([2H])([2H])[C@]([2H])(N[C@H](CCC)C(=O)O)C(=O)N1[C@H](C(=O)O[C@@H]2O[C@H](C(=O)O)[C@@H](O)[C@H](O)[C@H]2O)C[C@@H]2CCCC[C@@H]21. The molecule has 0 radical (unpaired) electrons. The van der Waals surface area contributed by atoms with Crippen LogP contribution in [0.5, 0.6) is 0 Å². The number of ether oxygens (including phenoxy) is 2. The Morgan fingerprint density at radius 1 is 1.14 bits per heavy atom. The third-order valence-corrected chi connectivity index (χ3v) is 7.05. The van der Waals surface area contributed by atoms with Crippen molar-refractivity contribution in [2.24, 2.45) is 5.92 Å². The van der Waals surface area contributed by atoms with Crippen molar-refractivity contribution in [3.05, 3.63) is 0 Å². The van der Waals surface area contributed by atoms with E-state index in [1.54, 1.807) is 6.92 Å². The van der Waals surface area contributed by atoms with Crippen LogP contribution in [0.3, 0.4) is 0 Å². The van der Waals surface area contributed by atoms with Crippen molar-refractivity contribution in [2.75, 3.05) is 0 Å². The molecule has 36 heavy (non-hydrogen) atoms. The lowest BCUT2D eigenvalue weighted by molar-refractivity contribution is -0.287. The van der Waals surface area contributed by atoms with E-state index >= 15 is 0 Å². The van der Waals surface area contributed by atoms with Crippen molar-refractivity contribution < 1.29 is 59.7 Å². The first-order chi connectivity index (χ1) is 18.5. The zero-order chi connectivity index (χ0) is 30.2. The van der Waals surface area contributed by atoms with E-state index in [1.807, 2.05) is 0 Å². The van der Waals surface area contributed by atoms with E-state index in [1.165, 1.54) is 0 Å². The number of likely N-dealkylation sites (tertiary alicyclic amines) is 1. The van der Waals surface area contributed by atoms with Crippen LogP contribution in [0.1, 0.15) is 64.2 Å². The Hall–Kier alpha value is -2.32. The molecule has 1 saturated carbocycles. The maximum absolute atomic E-state index is 13.9. The molecule has 3 rings (SSSR count). The highest BCUT2D eigenvalue weighted by molar-refractivity contribution is 5.89. The van der Waals surface area contributed by atoms with E-state index in [9.17, 15) is 44.7 Å². The monoisotopic (exact) mass is 520 g/mol. The fourth-order valence-electron chi connectivity index (χ4n) is 5.22. The van der Waals surface area contributed by atoms with E-state index in [-0.39, 0.29) is 18.8 Å². The molecule has 0 spiro atoms. The molecule has 13 heteroatoms. The number of nitrogens with one attached hydrogen (secondary N) is 1. The van der Waals surface area contributed by atoms with Gasteiger partial charge in [-0.2, -0.15) is 0 Å². The van der Waals surface area contributed by atoms with E-state index in [0.29, 0.717) is 25.7 Å². The minimum atomic E-state index is -3.36. The van der Waals surface area contributed by atoms with Crippen LogP contribution < -0.4 is 5.32 Å². The molecule has 0 bridgehead atoms. The third-order valence-electron chi connectivity index (χ3n) is 7.05. The number of carbonyl (C=O) groups is 4. The molecule has 1 amide bonds. The average Bonchev–Trinajstić information content (AvgIpc) is 3.26. The topological polar surface area (TPSA) is 203 Å². The van der Waals surface area contributed by atoms with Gasteiger partial charge in [0.15, 0.2) is 6.10 Å². The summed E-state index contributed by atoms with van der Waals surface area (Å²) in [6, 6.07) is -6.84. The predicted molar refractivity (Wildman–Crippen MR) is 120 cm³/mol. The molecule has 1 aliphatic carbocycles. The summed E-state index contributed by atoms with van der Waals surface area (Å²) in [5.41, 5.74) is 0. The number of aliphatic hydroxyl groups excluding tert-OH is 3. The summed E-state index contributed by atoms with van der Waals surface area (Å²) in [5, 5.41) is 51.2. The van der Waals surface area contributed by atoms with Gasteiger partial charge in [0.25, 0.3) is 0 Å². The predicted octanol–water partition coefficient (Wildman–Crippen LogP) is -1.19. The van der Waals surface area contributed by atoms with Crippen LogP contribution in [0.25, 0.3) is 0 Å². The molecule has 2 heterocycles. The highest BCUT2D eigenvalue weighted by Crippen LogP contribution is 2.41. The van der Waals surface area contributed by atoms with Gasteiger partial charge in [-0.3, -0.25) is 14.9 Å². The number of hydrogen-bond acceptors (Lipinski definition) is 10. The van der Waals surface area contributed by atoms with Crippen molar-refractivity contribution in [1.82, 2.24) is 10.2 Å². The summed E-state index contributed by atoms with van der Waals surface area (Å²) < 4.78 is 42.8. The Labute approximate surface area is 214 Å². The van der Waals surface area contributed by atoms with Crippen LogP contribution >= 0.6 is 0 Å². The van der Waals surface area contributed by atoms with Gasteiger partial charge in [-0.15, -0.1) is 0 Å². The summed E-state index contributed by atoms with van der Waals surface area (Å²) in [7, 11) is 0. The van der Waals surface area contributed by atoms with E-state index in [2.05, 4.69) is 5.32 Å². The third kappa shape index (κ3) is 5.80. The summed E-state index contributed by atoms with van der Waals surface area (Å²) in [6.45, 7) is -1.71. The number of aliphatic carboxylic acids is 2. The molecule has 0 aromatic carbocycles. The minimum absolute atomic E-state index is 0.00000787. The van der Waals surface area contributed by atoms with Crippen molar-refractivity contribution in [1.29, 1.82) is 0 Å². The lowest BCUT2D eigenvalue weighted by Crippen LogP contribution is -2.61. The van der Waals surface area contributed by atoms with Gasteiger partial charge < -0.3 is 39.9 Å². The maximum atomic E-state index is 13.9. The zero-order valence-electron chi connectivity index (χ0n) is 23.8. The molecule has 3 fully saturated rings. The van der Waals surface area contributed by atoms with Gasteiger partial charge in [0.1, 0.15) is 30.4 Å². The Kier molecular flexibility index (Phi) is 7.50. The fraction of sp³-hybridized carbons (Fsp3) is 0.826. The molecule has 6 N–H and O–H groups in total. The van der Waals surface area contributed by atoms with Crippen molar-refractivity contribution in [3.63, 3.8) is 0 Å². The number of carboxylic acid groups (broad SMARTS) is 2. The number of carbonyl (C=O) groups excluding carboxylic acids is 2. The van der Waals surface area contributed by atoms with Crippen LogP contribution in [0, 0.1) is 5.92 Å². The number of hydrogen-bond donors (Lipinski definition) is 6. The molecule has 3 aliphatic rings. The molecule has 13 nitrogen and oxygen atoms in total. The van der Waals surface area contributed by atoms with Gasteiger partial charge >= 0.3 is 17.9 Å². The molecule has 2 aliphatic heterocycles. The summed E-state index contributed by atoms with van der Waals surface area (Å²) in [5.74, 6) is -6.00. The summed E-state index contributed by atoms with van der Waals surface area (Å²) >= 11 is 0. The van der Waals surface area contributed by atoms with Crippen molar-refractivity contribution >= 4 is 23.8 Å². The molecule has 10 atom stereocenters. The number of rotatable bonds is 9. The largest absolute Gasteiger partial charge is 0.480 e. The molecule has 0 aromatic rings. The first-order valence-electron chi connectivity index (χ1n) is 14.0. The smallest absolute Gasteiger partial charge is 0.335 e. The second kappa shape index (κ2) is 11.8. The lowest BCUT2D eigenvalue weighted by atomic mass is 9.84. The van der Waals surface area contributed by atoms with Gasteiger partial charge in [-0.25, -0.2) is 9.59 Å². The highest BCUT2D eigenvalue weighted by atomic mass is 16.7. The Balaban J connectivity index is 1.94. The number of carboxylic acids is 2. The number of fused-ring (bicyclic) bond motifs is 1. The minimum Gasteiger partial charge on any atom is -0.480 e. The number of aliphatic hydroxyl groups is 3. The summed E-state index contributed by atoms with van der Waals surface area (Å²) in [6.07, 6.45) is -7.64. The van der Waals surface area contributed by atoms with Crippen LogP contribution in [0.2, 0.25) is 0 Å². The van der Waals surface area contributed by atoms with E-state index < -0.39 is 85.5 Å².